The van der Waals surface area contributed by atoms with Crippen molar-refractivity contribution >= 4 is 6.08 Å². The first-order valence-corrected chi connectivity index (χ1v) is 6.18. The van der Waals surface area contributed by atoms with Crippen molar-refractivity contribution in [2.24, 2.45) is 5.92 Å². The Labute approximate surface area is 114 Å². The first-order valence-electron chi connectivity index (χ1n) is 6.18. The molecule has 0 spiro atoms. The van der Waals surface area contributed by atoms with Crippen molar-refractivity contribution in [1.29, 1.82) is 0 Å². The summed E-state index contributed by atoms with van der Waals surface area (Å²) in [5.74, 6) is 2.20. The number of ether oxygens (including phenoxy) is 3. The van der Waals surface area contributed by atoms with E-state index in [-0.39, 0.29) is 12.5 Å². The zero-order valence-electron chi connectivity index (χ0n) is 12.2. The van der Waals surface area contributed by atoms with Gasteiger partial charge >= 0.3 is 0 Å². The second-order valence-electron chi connectivity index (χ2n) is 4.48. The number of aliphatic hydroxyl groups is 1. The molecule has 0 saturated heterocycles. The van der Waals surface area contributed by atoms with Crippen molar-refractivity contribution in [2.75, 3.05) is 27.9 Å². The number of aliphatic hydroxyl groups excluding tert-OH is 1. The van der Waals surface area contributed by atoms with Crippen LogP contribution < -0.4 is 14.2 Å². The van der Waals surface area contributed by atoms with Gasteiger partial charge in [0.05, 0.1) is 27.9 Å². The van der Waals surface area contributed by atoms with Gasteiger partial charge in [0.2, 0.25) is 0 Å². The highest BCUT2D eigenvalue weighted by molar-refractivity contribution is 5.65. The highest BCUT2D eigenvalue weighted by Crippen LogP contribution is 2.36. The molecule has 0 heterocycles. The summed E-state index contributed by atoms with van der Waals surface area (Å²) >= 11 is 0. The SMILES string of the molecule is COc1cc(OC)c(OC)cc1C=C(CO)C(C)C. The number of rotatable bonds is 6. The Bertz CT molecular complexity index is 450. The predicted molar refractivity (Wildman–Crippen MR) is 76.0 cm³/mol. The van der Waals surface area contributed by atoms with Gasteiger partial charge in [-0.3, -0.25) is 0 Å². The monoisotopic (exact) mass is 266 g/mol. The van der Waals surface area contributed by atoms with Gasteiger partial charge in [0, 0.05) is 11.6 Å². The molecule has 1 aromatic rings. The van der Waals surface area contributed by atoms with E-state index in [1.54, 1.807) is 27.4 Å². The molecule has 19 heavy (non-hydrogen) atoms. The predicted octanol–water partition coefficient (Wildman–Crippen LogP) is 2.74. The molecule has 0 aromatic heterocycles. The van der Waals surface area contributed by atoms with Crippen LogP contribution in [0.1, 0.15) is 19.4 Å². The van der Waals surface area contributed by atoms with Gasteiger partial charge in [0.15, 0.2) is 11.5 Å². The van der Waals surface area contributed by atoms with Gasteiger partial charge in [-0.2, -0.15) is 0 Å². The fraction of sp³-hybridized carbons (Fsp3) is 0.467. The molecule has 0 aliphatic heterocycles. The minimum Gasteiger partial charge on any atom is -0.496 e. The van der Waals surface area contributed by atoms with Gasteiger partial charge < -0.3 is 19.3 Å². The highest BCUT2D eigenvalue weighted by atomic mass is 16.5. The molecule has 0 fully saturated rings. The van der Waals surface area contributed by atoms with Crippen LogP contribution in [-0.2, 0) is 0 Å². The zero-order chi connectivity index (χ0) is 14.4. The van der Waals surface area contributed by atoms with E-state index in [0.717, 1.165) is 11.1 Å². The van der Waals surface area contributed by atoms with Crippen LogP contribution in [0, 0.1) is 5.92 Å². The smallest absolute Gasteiger partial charge is 0.164 e. The van der Waals surface area contributed by atoms with Crippen molar-refractivity contribution in [3.8, 4) is 17.2 Å². The molecule has 0 radical (unpaired) electrons. The third-order valence-corrected chi connectivity index (χ3v) is 3.00. The van der Waals surface area contributed by atoms with Crippen LogP contribution in [0.3, 0.4) is 0 Å². The topological polar surface area (TPSA) is 47.9 Å². The van der Waals surface area contributed by atoms with Crippen LogP contribution in [0.5, 0.6) is 17.2 Å². The molecule has 0 aliphatic rings. The van der Waals surface area contributed by atoms with Crippen molar-refractivity contribution in [3.05, 3.63) is 23.3 Å². The molecule has 4 heteroatoms. The highest BCUT2D eigenvalue weighted by Gasteiger charge is 2.12. The summed E-state index contributed by atoms with van der Waals surface area (Å²) in [6.45, 7) is 4.10. The average molecular weight is 266 g/mol. The maximum absolute atomic E-state index is 9.38. The van der Waals surface area contributed by atoms with Gasteiger partial charge in [-0.25, -0.2) is 0 Å². The van der Waals surface area contributed by atoms with Gasteiger partial charge in [-0.05, 0) is 23.6 Å². The number of hydrogen-bond donors (Lipinski definition) is 1. The maximum Gasteiger partial charge on any atom is 0.164 e. The van der Waals surface area contributed by atoms with Gasteiger partial charge in [-0.15, -0.1) is 0 Å². The number of hydrogen-bond acceptors (Lipinski definition) is 4. The second kappa shape index (κ2) is 7.04. The Morgan fingerprint density at radius 2 is 1.58 bits per heavy atom. The summed E-state index contributed by atoms with van der Waals surface area (Å²) < 4.78 is 15.9. The number of methoxy groups -OCH3 is 3. The summed E-state index contributed by atoms with van der Waals surface area (Å²) in [5, 5.41) is 9.38. The molecule has 1 N–H and O–H groups in total. The normalized spacial score (nSPS) is 11.6. The van der Waals surface area contributed by atoms with E-state index < -0.39 is 0 Å². The summed E-state index contributed by atoms with van der Waals surface area (Å²) in [5.41, 5.74) is 1.79. The fourth-order valence-electron chi connectivity index (χ4n) is 1.76. The third-order valence-electron chi connectivity index (χ3n) is 3.00. The lowest BCUT2D eigenvalue weighted by Crippen LogP contribution is -2.00. The summed E-state index contributed by atoms with van der Waals surface area (Å²) in [7, 11) is 4.78. The quantitative estimate of drug-likeness (QED) is 0.860. The molecule has 0 bridgehead atoms. The Morgan fingerprint density at radius 3 is 2.00 bits per heavy atom. The molecule has 0 aliphatic carbocycles. The second-order valence-corrected chi connectivity index (χ2v) is 4.48. The van der Waals surface area contributed by atoms with Crippen LogP contribution in [0.4, 0.5) is 0 Å². The molecule has 1 rings (SSSR count). The number of benzene rings is 1. The molecule has 1 aromatic carbocycles. The first-order chi connectivity index (χ1) is 9.07. The molecule has 0 amide bonds. The Hall–Kier alpha value is -1.68. The van der Waals surface area contributed by atoms with E-state index in [2.05, 4.69) is 0 Å². The summed E-state index contributed by atoms with van der Waals surface area (Å²) in [6.07, 6.45) is 1.92. The van der Waals surface area contributed by atoms with Crippen molar-refractivity contribution in [2.45, 2.75) is 13.8 Å². The zero-order valence-corrected chi connectivity index (χ0v) is 12.2. The fourth-order valence-corrected chi connectivity index (χ4v) is 1.76. The largest absolute Gasteiger partial charge is 0.496 e. The van der Waals surface area contributed by atoms with Crippen LogP contribution in [0.25, 0.3) is 6.08 Å². The van der Waals surface area contributed by atoms with Gasteiger partial charge in [0.25, 0.3) is 0 Å². The lowest BCUT2D eigenvalue weighted by molar-refractivity contribution is 0.320. The summed E-state index contributed by atoms with van der Waals surface area (Å²) in [6, 6.07) is 3.62. The van der Waals surface area contributed by atoms with Crippen LogP contribution in [-0.4, -0.2) is 33.0 Å². The Kier molecular flexibility index (Phi) is 5.70. The summed E-state index contributed by atoms with van der Waals surface area (Å²) in [4.78, 5) is 0. The van der Waals surface area contributed by atoms with E-state index in [1.165, 1.54) is 0 Å². The Morgan fingerprint density at radius 1 is 1.05 bits per heavy atom. The van der Waals surface area contributed by atoms with Gasteiger partial charge in [-0.1, -0.05) is 13.8 Å². The molecular weight excluding hydrogens is 244 g/mol. The lowest BCUT2D eigenvalue weighted by atomic mass is 10.0. The standard InChI is InChI=1S/C15H22O4/c1-10(2)12(9-16)6-11-7-14(18-4)15(19-5)8-13(11)17-3/h6-8,10,16H,9H2,1-5H3. The van der Waals surface area contributed by atoms with Crippen LogP contribution in [0.2, 0.25) is 0 Å². The molecule has 0 unspecified atom stereocenters. The minimum absolute atomic E-state index is 0.0230. The van der Waals surface area contributed by atoms with Gasteiger partial charge in [0.1, 0.15) is 5.75 Å². The van der Waals surface area contributed by atoms with E-state index in [1.807, 2.05) is 26.0 Å². The van der Waals surface area contributed by atoms with Crippen molar-refractivity contribution < 1.29 is 19.3 Å². The van der Waals surface area contributed by atoms with E-state index in [0.29, 0.717) is 17.2 Å². The van der Waals surface area contributed by atoms with E-state index in [9.17, 15) is 5.11 Å². The Balaban J connectivity index is 3.33. The van der Waals surface area contributed by atoms with E-state index >= 15 is 0 Å². The van der Waals surface area contributed by atoms with Crippen LogP contribution >= 0.6 is 0 Å². The average Bonchev–Trinajstić information content (AvgIpc) is 2.43. The first kappa shape index (κ1) is 15.4. The molecule has 4 nitrogen and oxygen atoms in total. The lowest BCUT2D eigenvalue weighted by Gasteiger charge is -2.14. The van der Waals surface area contributed by atoms with Crippen molar-refractivity contribution in [3.63, 3.8) is 0 Å². The minimum atomic E-state index is 0.0230. The van der Waals surface area contributed by atoms with Crippen molar-refractivity contribution in [1.82, 2.24) is 0 Å². The van der Waals surface area contributed by atoms with Crippen LogP contribution in [0.15, 0.2) is 17.7 Å². The maximum atomic E-state index is 9.38. The van der Waals surface area contributed by atoms with E-state index in [4.69, 9.17) is 14.2 Å². The molecular formula is C15H22O4. The third kappa shape index (κ3) is 3.64. The molecule has 0 atom stereocenters. The molecule has 106 valence electrons. The molecule has 0 saturated carbocycles.